The van der Waals surface area contributed by atoms with Crippen LogP contribution in [-0.2, 0) is 0 Å². The van der Waals surface area contributed by atoms with Gasteiger partial charge in [-0.2, -0.15) is 0 Å². The average Bonchev–Trinajstić information content (AvgIpc) is 1.88. The molecule has 0 N–H and O–H groups in total. The van der Waals surface area contributed by atoms with Gasteiger partial charge in [0.1, 0.15) is 0 Å². The molecule has 2 heteroatoms. The molecule has 0 aliphatic heterocycles. The van der Waals surface area contributed by atoms with Crippen LogP contribution < -0.4 is 5.11 Å². The lowest BCUT2D eigenvalue weighted by Crippen LogP contribution is -2.01. The number of aromatic nitrogens is 1. The first-order chi connectivity index (χ1) is 4.70. The Labute approximate surface area is 59.9 Å². The maximum atomic E-state index is 10.6. The third-order valence-electron chi connectivity index (χ3n) is 1.20. The molecule has 1 aromatic rings. The molecule has 0 saturated heterocycles. The molecule has 0 saturated carbocycles. The van der Waals surface area contributed by atoms with E-state index < -0.39 is 0 Å². The van der Waals surface area contributed by atoms with E-state index >= 15 is 0 Å². The number of aryl methyl sites for hydroxylation is 1. The highest BCUT2D eigenvalue weighted by atomic mass is 16.3. The third kappa shape index (κ3) is 1.35. The summed E-state index contributed by atoms with van der Waals surface area (Å²) in [6, 6.07) is 3.51. The molecule has 52 valence electrons. The second-order valence-corrected chi connectivity index (χ2v) is 2.14. The van der Waals surface area contributed by atoms with Gasteiger partial charge < -0.3 is 5.11 Å². The lowest BCUT2D eigenvalue weighted by Gasteiger charge is -2.06. The number of hydrogen-bond acceptors (Lipinski definition) is 2. The summed E-state index contributed by atoms with van der Waals surface area (Å²) in [7, 11) is 0. The van der Waals surface area contributed by atoms with Crippen LogP contribution >= 0.6 is 0 Å². The van der Waals surface area contributed by atoms with Crippen molar-refractivity contribution in [3.8, 4) is 0 Å². The van der Waals surface area contributed by atoms with Crippen molar-refractivity contribution in [1.82, 2.24) is 4.98 Å². The van der Waals surface area contributed by atoms with Gasteiger partial charge in [0, 0.05) is 6.20 Å². The molecule has 0 atom stereocenters. The molecular formula is C8H8NO-. The summed E-state index contributed by atoms with van der Waals surface area (Å²) in [6.45, 7) is 5.16. The van der Waals surface area contributed by atoms with Crippen molar-refractivity contribution in [1.29, 1.82) is 0 Å². The minimum atomic E-state index is -0.236. The molecule has 10 heavy (non-hydrogen) atoms. The lowest BCUT2D eigenvalue weighted by molar-refractivity contribution is -0.243. The number of pyridine rings is 1. The normalized spacial score (nSPS) is 9.30. The van der Waals surface area contributed by atoms with Crippen LogP contribution in [0.2, 0.25) is 0 Å². The van der Waals surface area contributed by atoms with E-state index in [4.69, 9.17) is 0 Å². The molecule has 1 aromatic heterocycles. The molecule has 0 amide bonds. The van der Waals surface area contributed by atoms with E-state index in [0.29, 0.717) is 5.69 Å². The van der Waals surface area contributed by atoms with E-state index in [-0.39, 0.29) is 5.76 Å². The molecule has 0 radical (unpaired) electrons. The van der Waals surface area contributed by atoms with Crippen LogP contribution in [-0.4, -0.2) is 4.98 Å². The summed E-state index contributed by atoms with van der Waals surface area (Å²) in [5, 5.41) is 10.6. The number of rotatable bonds is 1. The molecule has 0 aliphatic rings. The minimum absolute atomic E-state index is 0.236. The predicted molar refractivity (Wildman–Crippen MR) is 38.0 cm³/mol. The Hall–Kier alpha value is -1.31. The quantitative estimate of drug-likeness (QED) is 0.530. The molecule has 0 unspecified atom stereocenters. The Morgan fingerprint density at radius 1 is 1.60 bits per heavy atom. The zero-order valence-electron chi connectivity index (χ0n) is 5.79. The van der Waals surface area contributed by atoms with Crippen LogP contribution in [0.5, 0.6) is 0 Å². The highest BCUT2D eigenvalue weighted by Gasteiger charge is 1.87. The monoisotopic (exact) mass is 134 g/mol. The van der Waals surface area contributed by atoms with Gasteiger partial charge in [-0.3, -0.25) is 4.98 Å². The number of hydrogen-bond donors (Lipinski definition) is 0. The van der Waals surface area contributed by atoms with Gasteiger partial charge in [-0.25, -0.2) is 0 Å². The van der Waals surface area contributed by atoms with Crippen LogP contribution in [0.3, 0.4) is 0 Å². The van der Waals surface area contributed by atoms with Gasteiger partial charge in [-0.05, 0) is 18.6 Å². The van der Waals surface area contributed by atoms with Gasteiger partial charge in [-0.15, -0.1) is 6.58 Å². The fraction of sp³-hybridized carbons (Fsp3) is 0.125. The van der Waals surface area contributed by atoms with E-state index in [1.165, 1.54) is 0 Å². The van der Waals surface area contributed by atoms with Crippen molar-refractivity contribution in [3.05, 3.63) is 36.2 Å². The van der Waals surface area contributed by atoms with Gasteiger partial charge in [0.25, 0.3) is 0 Å². The Morgan fingerprint density at radius 2 is 2.30 bits per heavy atom. The second kappa shape index (κ2) is 2.52. The average molecular weight is 134 g/mol. The first kappa shape index (κ1) is 6.81. The summed E-state index contributed by atoms with van der Waals surface area (Å²) >= 11 is 0. The van der Waals surface area contributed by atoms with Crippen LogP contribution in [0, 0.1) is 6.92 Å². The topological polar surface area (TPSA) is 36.0 Å². The second-order valence-electron chi connectivity index (χ2n) is 2.14. The molecule has 1 rings (SSSR count). The van der Waals surface area contributed by atoms with Crippen molar-refractivity contribution in [2.24, 2.45) is 0 Å². The predicted octanol–water partition coefficient (Wildman–Crippen LogP) is 0.721. The maximum Gasteiger partial charge on any atom is 0.0545 e. The fourth-order valence-corrected chi connectivity index (χ4v) is 0.633. The van der Waals surface area contributed by atoms with E-state index in [2.05, 4.69) is 11.6 Å². The molecular weight excluding hydrogens is 126 g/mol. The van der Waals surface area contributed by atoms with Crippen LogP contribution in [0.25, 0.3) is 5.76 Å². The zero-order valence-corrected chi connectivity index (χ0v) is 5.79. The first-order valence-electron chi connectivity index (χ1n) is 2.99. The maximum absolute atomic E-state index is 10.6. The zero-order chi connectivity index (χ0) is 7.56. The van der Waals surface area contributed by atoms with Crippen LogP contribution in [0.1, 0.15) is 11.3 Å². The van der Waals surface area contributed by atoms with Crippen molar-refractivity contribution < 1.29 is 5.11 Å². The lowest BCUT2D eigenvalue weighted by atomic mass is 10.2. The van der Waals surface area contributed by atoms with E-state index in [1.54, 1.807) is 12.3 Å². The summed E-state index contributed by atoms with van der Waals surface area (Å²) in [6.07, 6.45) is 1.65. The Balaban J connectivity index is 3.00. The summed E-state index contributed by atoms with van der Waals surface area (Å²) in [5.41, 5.74) is 1.47. The largest absolute Gasteiger partial charge is 0.871 e. The van der Waals surface area contributed by atoms with Gasteiger partial charge >= 0.3 is 0 Å². The standard InChI is InChI=1S/C8H9NO/c1-6-3-4-8(7(2)10)9-5-6/h3-5,10H,2H2,1H3/p-1. The van der Waals surface area contributed by atoms with Crippen LogP contribution in [0.15, 0.2) is 24.9 Å². The molecule has 0 aromatic carbocycles. The van der Waals surface area contributed by atoms with E-state index in [0.717, 1.165) is 5.56 Å². The Kier molecular flexibility index (Phi) is 1.71. The third-order valence-corrected chi connectivity index (χ3v) is 1.20. The van der Waals surface area contributed by atoms with Gasteiger partial charge in [0.15, 0.2) is 0 Å². The highest BCUT2D eigenvalue weighted by Crippen LogP contribution is 2.02. The molecule has 0 spiro atoms. The van der Waals surface area contributed by atoms with E-state index in [1.807, 2.05) is 13.0 Å². The number of nitrogens with zero attached hydrogens (tertiary/aromatic N) is 1. The van der Waals surface area contributed by atoms with E-state index in [9.17, 15) is 5.11 Å². The smallest absolute Gasteiger partial charge is 0.0545 e. The van der Waals surface area contributed by atoms with Gasteiger partial charge in [-0.1, -0.05) is 11.8 Å². The molecule has 0 aliphatic carbocycles. The molecule has 0 fully saturated rings. The van der Waals surface area contributed by atoms with Crippen LogP contribution in [0.4, 0.5) is 0 Å². The van der Waals surface area contributed by atoms with Gasteiger partial charge in [0.05, 0.1) is 5.69 Å². The summed E-state index contributed by atoms with van der Waals surface area (Å²) < 4.78 is 0. The van der Waals surface area contributed by atoms with Crippen molar-refractivity contribution in [2.45, 2.75) is 6.92 Å². The minimum Gasteiger partial charge on any atom is -0.871 e. The highest BCUT2D eigenvalue weighted by molar-refractivity contribution is 5.49. The first-order valence-corrected chi connectivity index (χ1v) is 2.99. The molecule has 2 nitrogen and oxygen atoms in total. The molecule has 1 heterocycles. The Bertz CT molecular complexity index is 238. The SMILES string of the molecule is C=C([O-])c1ccc(C)cn1. The summed E-state index contributed by atoms with van der Waals surface area (Å²) in [4.78, 5) is 3.87. The summed E-state index contributed by atoms with van der Waals surface area (Å²) in [5.74, 6) is -0.236. The van der Waals surface area contributed by atoms with Crippen molar-refractivity contribution >= 4 is 5.76 Å². The fourth-order valence-electron chi connectivity index (χ4n) is 0.633. The van der Waals surface area contributed by atoms with Crippen molar-refractivity contribution in [3.63, 3.8) is 0 Å². The molecule has 0 bridgehead atoms. The van der Waals surface area contributed by atoms with Gasteiger partial charge in [0.2, 0.25) is 0 Å². The van der Waals surface area contributed by atoms with Crippen molar-refractivity contribution in [2.75, 3.05) is 0 Å². The Morgan fingerprint density at radius 3 is 2.70 bits per heavy atom.